The topological polar surface area (TPSA) is 49.7 Å². The van der Waals surface area contributed by atoms with Crippen molar-refractivity contribution in [2.24, 2.45) is 0 Å². The van der Waals surface area contributed by atoms with E-state index in [0.717, 1.165) is 0 Å². The molecule has 3 nitrogen and oxygen atoms in total. The zero-order chi connectivity index (χ0) is 6.69. The molecule has 0 saturated heterocycles. The molecule has 1 aliphatic heterocycles. The van der Waals surface area contributed by atoms with Crippen molar-refractivity contribution in [3.63, 3.8) is 0 Å². The molecule has 0 aliphatic carbocycles. The maximum absolute atomic E-state index is 8.91. The summed E-state index contributed by atoms with van der Waals surface area (Å²) in [6, 6.07) is 0. The predicted octanol–water partition coefficient (Wildman–Crippen LogP) is 0.682. The van der Waals surface area contributed by atoms with Gasteiger partial charge in [-0.1, -0.05) is 0 Å². The minimum absolute atomic E-state index is 0.111. The first-order valence-electron chi connectivity index (χ1n) is 2.68. The molecule has 0 fully saturated rings. The number of allylic oxidation sites excluding steroid dienone is 1. The molecule has 0 aromatic rings. The van der Waals surface area contributed by atoms with Gasteiger partial charge in [0.25, 0.3) is 0 Å². The number of ether oxygens (including phenoxy) is 1. The fraction of sp³-hybridized carbons (Fsp3) is 0.333. The van der Waals surface area contributed by atoms with Crippen LogP contribution in [0.4, 0.5) is 0 Å². The molecule has 9 heavy (non-hydrogen) atoms. The van der Waals surface area contributed by atoms with Gasteiger partial charge < -0.3 is 14.9 Å². The molecule has 1 heterocycles. The van der Waals surface area contributed by atoms with E-state index in [2.05, 4.69) is 0 Å². The molecular formula is C6H8O3. The van der Waals surface area contributed by atoms with Crippen molar-refractivity contribution in [2.75, 3.05) is 6.61 Å². The number of hydrogen-bond acceptors (Lipinski definition) is 3. The second-order valence-electron chi connectivity index (χ2n) is 1.72. The molecule has 0 unspecified atom stereocenters. The second kappa shape index (κ2) is 2.55. The summed E-state index contributed by atoms with van der Waals surface area (Å²) in [5.41, 5.74) is 0. The Labute approximate surface area is 52.9 Å². The third-order valence-corrected chi connectivity index (χ3v) is 1.08. The Hall–Kier alpha value is -0.960. The summed E-state index contributed by atoms with van der Waals surface area (Å²) in [7, 11) is 0. The average molecular weight is 128 g/mol. The van der Waals surface area contributed by atoms with E-state index in [4.69, 9.17) is 14.9 Å². The van der Waals surface area contributed by atoms with Crippen LogP contribution in [0.2, 0.25) is 0 Å². The largest absolute Gasteiger partial charge is 0.508 e. The quantitative estimate of drug-likeness (QED) is 0.546. The maximum atomic E-state index is 8.91. The molecule has 2 N–H and O–H groups in total. The van der Waals surface area contributed by atoms with Gasteiger partial charge in [-0.2, -0.15) is 0 Å². The van der Waals surface area contributed by atoms with Gasteiger partial charge in [-0.3, -0.25) is 0 Å². The van der Waals surface area contributed by atoms with E-state index < -0.39 is 0 Å². The summed E-state index contributed by atoms with van der Waals surface area (Å²) < 4.78 is 4.74. The normalized spacial score (nSPS) is 17.9. The lowest BCUT2D eigenvalue weighted by Crippen LogP contribution is -2.01. The van der Waals surface area contributed by atoms with E-state index in [0.29, 0.717) is 6.42 Å². The standard InChI is InChI=1S/C6H8O3/c7-4-6-5(8)2-1-3-9-6/h1,3,7-8H,2,4H2. The van der Waals surface area contributed by atoms with Crippen LogP contribution < -0.4 is 0 Å². The van der Waals surface area contributed by atoms with Crippen molar-refractivity contribution in [1.29, 1.82) is 0 Å². The summed E-state index contributed by atoms with van der Waals surface area (Å²) in [5.74, 6) is 0.359. The summed E-state index contributed by atoms with van der Waals surface area (Å²) in [4.78, 5) is 0. The van der Waals surface area contributed by atoms with Crippen molar-refractivity contribution in [3.05, 3.63) is 23.9 Å². The molecule has 50 valence electrons. The van der Waals surface area contributed by atoms with Crippen molar-refractivity contribution in [2.45, 2.75) is 6.42 Å². The Kier molecular flexibility index (Phi) is 1.75. The van der Waals surface area contributed by atoms with Gasteiger partial charge in [-0.25, -0.2) is 0 Å². The SMILES string of the molecule is OCC1=C(O)CC=CO1. The van der Waals surface area contributed by atoms with E-state index >= 15 is 0 Å². The van der Waals surface area contributed by atoms with Gasteiger partial charge in [0.2, 0.25) is 0 Å². The monoisotopic (exact) mass is 128 g/mol. The maximum Gasteiger partial charge on any atom is 0.166 e. The molecule has 0 aromatic carbocycles. The molecule has 1 rings (SSSR count). The third-order valence-electron chi connectivity index (χ3n) is 1.08. The highest BCUT2D eigenvalue weighted by molar-refractivity contribution is 5.09. The zero-order valence-electron chi connectivity index (χ0n) is 4.87. The lowest BCUT2D eigenvalue weighted by Gasteiger charge is -2.08. The van der Waals surface area contributed by atoms with E-state index in [1.807, 2.05) is 0 Å². The zero-order valence-corrected chi connectivity index (χ0v) is 4.87. The first kappa shape index (κ1) is 6.16. The van der Waals surface area contributed by atoms with Crippen molar-refractivity contribution >= 4 is 0 Å². The van der Waals surface area contributed by atoms with Crippen LogP contribution in [0.15, 0.2) is 23.9 Å². The molecule has 0 spiro atoms. The number of rotatable bonds is 1. The fourth-order valence-electron chi connectivity index (χ4n) is 0.600. The van der Waals surface area contributed by atoms with Crippen LogP contribution >= 0.6 is 0 Å². The Morgan fingerprint density at radius 3 is 2.89 bits per heavy atom. The number of hydrogen-bond donors (Lipinski definition) is 2. The average Bonchev–Trinajstić information content (AvgIpc) is 1.89. The molecule has 0 saturated carbocycles. The highest BCUT2D eigenvalue weighted by Crippen LogP contribution is 2.12. The smallest absolute Gasteiger partial charge is 0.166 e. The minimum atomic E-state index is -0.240. The summed E-state index contributed by atoms with van der Waals surface area (Å²) in [5, 5.41) is 17.4. The van der Waals surface area contributed by atoms with E-state index in [1.54, 1.807) is 6.08 Å². The van der Waals surface area contributed by atoms with Crippen LogP contribution in [-0.4, -0.2) is 16.8 Å². The minimum Gasteiger partial charge on any atom is -0.508 e. The van der Waals surface area contributed by atoms with E-state index in [-0.39, 0.29) is 18.1 Å². The summed E-state index contributed by atoms with van der Waals surface area (Å²) >= 11 is 0. The van der Waals surface area contributed by atoms with Crippen molar-refractivity contribution in [1.82, 2.24) is 0 Å². The number of aliphatic hydroxyl groups excluding tert-OH is 2. The lowest BCUT2D eigenvalue weighted by atomic mass is 10.3. The Morgan fingerprint density at radius 2 is 2.44 bits per heavy atom. The van der Waals surface area contributed by atoms with Gasteiger partial charge in [0.05, 0.1) is 6.26 Å². The first-order chi connectivity index (χ1) is 4.34. The fourth-order valence-corrected chi connectivity index (χ4v) is 0.600. The Balaban J connectivity index is 2.64. The molecule has 1 aliphatic rings. The van der Waals surface area contributed by atoms with Crippen molar-refractivity contribution < 1.29 is 14.9 Å². The van der Waals surface area contributed by atoms with Crippen LogP contribution in [-0.2, 0) is 4.74 Å². The second-order valence-corrected chi connectivity index (χ2v) is 1.72. The highest BCUT2D eigenvalue weighted by atomic mass is 16.5. The Bertz CT molecular complexity index is 158. The molecule has 0 aromatic heterocycles. The molecule has 0 amide bonds. The highest BCUT2D eigenvalue weighted by Gasteiger charge is 2.06. The van der Waals surface area contributed by atoms with Crippen LogP contribution in [0.1, 0.15) is 6.42 Å². The molecule has 0 atom stereocenters. The molecule has 0 radical (unpaired) electrons. The van der Waals surface area contributed by atoms with Crippen LogP contribution in [0.5, 0.6) is 0 Å². The van der Waals surface area contributed by atoms with E-state index in [9.17, 15) is 0 Å². The molecular weight excluding hydrogens is 120 g/mol. The lowest BCUT2D eigenvalue weighted by molar-refractivity contribution is 0.201. The van der Waals surface area contributed by atoms with Gasteiger partial charge in [0.1, 0.15) is 12.4 Å². The van der Waals surface area contributed by atoms with Gasteiger partial charge in [0.15, 0.2) is 5.76 Å². The van der Waals surface area contributed by atoms with Crippen molar-refractivity contribution in [3.8, 4) is 0 Å². The van der Waals surface area contributed by atoms with Gasteiger partial charge >= 0.3 is 0 Å². The molecule has 3 heteroatoms. The first-order valence-corrected chi connectivity index (χ1v) is 2.68. The number of aliphatic hydroxyl groups is 2. The summed E-state index contributed by atoms with van der Waals surface area (Å²) in [6.45, 7) is -0.240. The van der Waals surface area contributed by atoms with E-state index in [1.165, 1.54) is 6.26 Å². The van der Waals surface area contributed by atoms with Gasteiger partial charge in [-0.05, 0) is 6.08 Å². The predicted molar refractivity (Wildman–Crippen MR) is 31.6 cm³/mol. The van der Waals surface area contributed by atoms with Crippen LogP contribution in [0.3, 0.4) is 0 Å². The van der Waals surface area contributed by atoms with Gasteiger partial charge in [0, 0.05) is 6.42 Å². The summed E-state index contributed by atoms with van der Waals surface area (Å²) in [6.07, 6.45) is 3.58. The van der Waals surface area contributed by atoms with Crippen LogP contribution in [0, 0.1) is 0 Å². The molecule has 0 bridgehead atoms. The van der Waals surface area contributed by atoms with Gasteiger partial charge in [-0.15, -0.1) is 0 Å². The van der Waals surface area contributed by atoms with Crippen LogP contribution in [0.25, 0.3) is 0 Å². The Morgan fingerprint density at radius 1 is 1.67 bits per heavy atom. The third kappa shape index (κ3) is 1.23.